The van der Waals surface area contributed by atoms with E-state index in [1.54, 1.807) is 20.8 Å². The van der Waals surface area contributed by atoms with Gasteiger partial charge in [0.1, 0.15) is 5.60 Å². The highest BCUT2D eigenvalue weighted by molar-refractivity contribution is 5.69. The Balaban J connectivity index is 3.36. The summed E-state index contributed by atoms with van der Waals surface area (Å²) in [6.07, 6.45) is 0.184. The van der Waals surface area contributed by atoms with Crippen LogP contribution < -0.4 is 5.48 Å². The average molecular weight is 204 g/mol. The number of esters is 1. The zero-order valence-corrected chi connectivity index (χ0v) is 8.96. The molecular weight excluding hydrogens is 186 g/mol. The summed E-state index contributed by atoms with van der Waals surface area (Å²) in [6.45, 7) is 5.64. The Bertz CT molecular complexity index is 165. The number of hydroxylamine groups is 1. The van der Waals surface area contributed by atoms with Crippen molar-refractivity contribution < 1.29 is 19.5 Å². The summed E-state index contributed by atoms with van der Waals surface area (Å²) in [4.78, 5) is 15.9. The third kappa shape index (κ3) is 9.44. The fourth-order valence-electron chi connectivity index (χ4n) is 0.713. The third-order valence-corrected chi connectivity index (χ3v) is 1.13. The van der Waals surface area contributed by atoms with E-state index in [2.05, 4.69) is 5.48 Å². The van der Waals surface area contributed by atoms with Crippen LogP contribution in [0.2, 0.25) is 0 Å². The first-order valence-corrected chi connectivity index (χ1v) is 4.60. The first-order chi connectivity index (χ1) is 6.45. The molecule has 0 saturated carbocycles. The highest BCUT2D eigenvalue weighted by atomic mass is 16.6. The molecule has 0 amide bonds. The number of hydrogen-bond donors (Lipinski definition) is 1. The molecule has 0 aromatic carbocycles. The van der Waals surface area contributed by atoms with Crippen LogP contribution >= 0.6 is 0 Å². The van der Waals surface area contributed by atoms with E-state index < -0.39 is 5.60 Å². The van der Waals surface area contributed by atoms with Crippen molar-refractivity contribution in [3.63, 3.8) is 0 Å². The lowest BCUT2D eigenvalue weighted by atomic mass is 10.2. The summed E-state index contributed by atoms with van der Waals surface area (Å²) in [5.41, 5.74) is 1.97. The molecule has 0 aliphatic heterocycles. The monoisotopic (exact) mass is 204 g/mol. The summed E-state index contributed by atoms with van der Waals surface area (Å²) < 4.78 is 5.04. The summed E-state index contributed by atoms with van der Waals surface area (Å²) >= 11 is 0. The summed E-state index contributed by atoms with van der Waals surface area (Å²) in [5, 5.41) is 9.98. The van der Waals surface area contributed by atoms with Crippen LogP contribution in [0, 0.1) is 0 Å². The molecule has 0 fully saturated rings. The largest absolute Gasteiger partial charge is 0.460 e. The highest BCUT2D eigenvalue weighted by Gasteiger charge is 2.15. The number of carbonyl (C=O) groups excluding carboxylic acids is 1. The van der Waals surface area contributed by atoms with Crippen molar-refractivity contribution >= 4 is 5.97 Å². The predicted octanol–water partition coefficient (Wildman–Crippen LogP) is 0.670. The molecule has 0 atom stereocenters. The van der Waals surface area contributed by atoms with E-state index in [-0.39, 0.29) is 32.1 Å². The maximum absolute atomic E-state index is 11.1. The van der Waals surface area contributed by atoms with E-state index in [0.29, 0.717) is 0 Å². The third-order valence-electron chi connectivity index (χ3n) is 1.13. The first kappa shape index (κ1) is 13.4. The van der Waals surface area contributed by atoms with Crippen LogP contribution in [0.1, 0.15) is 27.2 Å². The van der Waals surface area contributed by atoms with Gasteiger partial charge < -0.3 is 9.57 Å². The van der Waals surface area contributed by atoms with Gasteiger partial charge in [-0.1, -0.05) is 0 Å². The van der Waals surface area contributed by atoms with Crippen molar-refractivity contribution in [1.29, 1.82) is 0 Å². The maximum Gasteiger partial charge on any atom is 0.308 e. The standard InChI is InChI=1S/C9H18NO4/c1-9(2,3)14-8(12)4-7-13-10-5-6-11/h10H,4-7H2,1-3H3. The smallest absolute Gasteiger partial charge is 0.308 e. The quantitative estimate of drug-likeness (QED) is 0.392. The lowest BCUT2D eigenvalue weighted by Gasteiger charge is -2.19. The Morgan fingerprint density at radius 3 is 2.50 bits per heavy atom. The molecule has 14 heavy (non-hydrogen) atoms. The molecule has 0 aromatic heterocycles. The highest BCUT2D eigenvalue weighted by Crippen LogP contribution is 2.07. The van der Waals surface area contributed by atoms with Crippen LogP contribution in [0.3, 0.4) is 0 Å². The Kier molecular flexibility index (Phi) is 6.44. The summed E-state index contributed by atoms with van der Waals surface area (Å²) in [5.74, 6) is -0.304. The molecule has 0 aromatic rings. The van der Waals surface area contributed by atoms with Gasteiger partial charge in [-0.05, 0) is 20.8 Å². The number of carbonyl (C=O) groups is 1. The summed E-state index contributed by atoms with van der Waals surface area (Å²) in [6, 6.07) is 0. The van der Waals surface area contributed by atoms with Crippen LogP contribution in [0.5, 0.6) is 0 Å². The van der Waals surface area contributed by atoms with Crippen LogP contribution in [-0.4, -0.2) is 31.3 Å². The van der Waals surface area contributed by atoms with Gasteiger partial charge in [0, 0.05) is 6.54 Å². The fraction of sp³-hybridized carbons (Fsp3) is 0.889. The molecule has 0 unspecified atom stereocenters. The molecular formula is C9H18NO4. The van der Waals surface area contributed by atoms with Crippen LogP contribution in [-0.2, 0) is 19.5 Å². The molecule has 0 rings (SSSR count). The number of hydrogen-bond acceptors (Lipinski definition) is 4. The van der Waals surface area contributed by atoms with Crippen molar-refractivity contribution in [2.24, 2.45) is 0 Å². The average Bonchev–Trinajstić information content (AvgIpc) is 2.00. The minimum absolute atomic E-state index is 0.184. The second kappa shape index (κ2) is 6.75. The van der Waals surface area contributed by atoms with E-state index in [0.717, 1.165) is 0 Å². The Morgan fingerprint density at radius 1 is 1.36 bits per heavy atom. The second-order valence-corrected chi connectivity index (χ2v) is 3.78. The van der Waals surface area contributed by atoms with E-state index in [4.69, 9.17) is 9.57 Å². The molecule has 0 spiro atoms. The van der Waals surface area contributed by atoms with Gasteiger partial charge in [-0.3, -0.25) is 4.79 Å². The molecule has 0 bridgehead atoms. The van der Waals surface area contributed by atoms with Crippen molar-refractivity contribution in [3.8, 4) is 0 Å². The number of rotatable bonds is 6. The lowest BCUT2D eigenvalue weighted by Crippen LogP contribution is -2.26. The second-order valence-electron chi connectivity index (χ2n) is 3.78. The molecule has 0 aliphatic rings. The van der Waals surface area contributed by atoms with Gasteiger partial charge in [0.25, 0.3) is 0 Å². The number of ether oxygens (including phenoxy) is 1. The zero-order valence-electron chi connectivity index (χ0n) is 8.96. The van der Waals surface area contributed by atoms with Crippen molar-refractivity contribution in [1.82, 2.24) is 5.48 Å². The summed E-state index contributed by atoms with van der Waals surface area (Å²) in [7, 11) is 0. The molecule has 0 heterocycles. The van der Waals surface area contributed by atoms with Gasteiger partial charge in [-0.25, -0.2) is 10.6 Å². The molecule has 1 radical (unpaired) electrons. The van der Waals surface area contributed by atoms with E-state index in [1.807, 2.05) is 0 Å². The minimum atomic E-state index is -0.459. The Hall–Kier alpha value is -0.650. The normalized spacial score (nSPS) is 11.4. The van der Waals surface area contributed by atoms with E-state index in [1.165, 1.54) is 0 Å². The minimum Gasteiger partial charge on any atom is -0.460 e. The SMILES string of the molecule is CC(C)(C)OC(=O)CCONCC[O]. The maximum atomic E-state index is 11.1. The first-order valence-electron chi connectivity index (χ1n) is 4.60. The van der Waals surface area contributed by atoms with E-state index >= 15 is 0 Å². The number of nitrogens with one attached hydrogen (secondary N) is 1. The topological polar surface area (TPSA) is 67.5 Å². The Labute approximate surface area is 84.3 Å². The molecule has 5 nitrogen and oxygen atoms in total. The molecule has 1 N–H and O–H groups in total. The van der Waals surface area contributed by atoms with Crippen molar-refractivity contribution in [3.05, 3.63) is 0 Å². The van der Waals surface area contributed by atoms with Gasteiger partial charge >= 0.3 is 5.97 Å². The van der Waals surface area contributed by atoms with E-state index in [9.17, 15) is 9.90 Å². The molecule has 0 aliphatic carbocycles. The Morgan fingerprint density at radius 2 is 2.00 bits per heavy atom. The van der Waals surface area contributed by atoms with Gasteiger partial charge in [-0.2, -0.15) is 0 Å². The predicted molar refractivity (Wildman–Crippen MR) is 50.0 cm³/mol. The molecule has 5 heteroatoms. The van der Waals surface area contributed by atoms with Crippen LogP contribution in [0.15, 0.2) is 0 Å². The van der Waals surface area contributed by atoms with Gasteiger partial charge in [0.15, 0.2) is 0 Å². The zero-order chi connectivity index (χ0) is 11.0. The van der Waals surface area contributed by atoms with Crippen LogP contribution in [0.25, 0.3) is 0 Å². The fourth-order valence-corrected chi connectivity index (χ4v) is 0.713. The van der Waals surface area contributed by atoms with Gasteiger partial charge in [0.2, 0.25) is 0 Å². The molecule has 0 saturated heterocycles. The molecule has 83 valence electrons. The van der Waals surface area contributed by atoms with Gasteiger partial charge in [0.05, 0.1) is 19.6 Å². The lowest BCUT2D eigenvalue weighted by molar-refractivity contribution is -0.156. The van der Waals surface area contributed by atoms with Crippen molar-refractivity contribution in [2.45, 2.75) is 32.8 Å². The van der Waals surface area contributed by atoms with Gasteiger partial charge in [-0.15, -0.1) is 0 Å². The van der Waals surface area contributed by atoms with Crippen LogP contribution in [0.4, 0.5) is 0 Å². The van der Waals surface area contributed by atoms with Crippen molar-refractivity contribution in [2.75, 3.05) is 19.8 Å².